The molecule has 134 valence electrons. The predicted octanol–water partition coefficient (Wildman–Crippen LogP) is 5.22. The second-order valence-electron chi connectivity index (χ2n) is 6.74. The molecule has 2 rings (SSSR count). The number of aryl methyl sites for hydroxylation is 1. The van der Waals surface area contributed by atoms with Crippen molar-refractivity contribution in [2.75, 3.05) is 14.2 Å². The second kappa shape index (κ2) is 9.05. The molecule has 0 fully saturated rings. The Kier molecular flexibility index (Phi) is 7.07. The maximum absolute atomic E-state index is 12.3. The van der Waals surface area contributed by atoms with E-state index in [0.29, 0.717) is 29.5 Å². The van der Waals surface area contributed by atoms with Gasteiger partial charge < -0.3 is 9.47 Å². The quantitative estimate of drug-likeness (QED) is 0.581. The van der Waals surface area contributed by atoms with Crippen molar-refractivity contribution in [2.24, 2.45) is 0 Å². The van der Waals surface area contributed by atoms with Gasteiger partial charge in [0.1, 0.15) is 5.69 Å². The van der Waals surface area contributed by atoms with Crippen molar-refractivity contribution >= 4 is 5.78 Å². The van der Waals surface area contributed by atoms with Gasteiger partial charge in [-0.25, -0.2) is 4.98 Å². The van der Waals surface area contributed by atoms with Gasteiger partial charge in [0.2, 0.25) is 0 Å². The van der Waals surface area contributed by atoms with Crippen LogP contribution in [-0.4, -0.2) is 25.0 Å². The lowest BCUT2D eigenvalue weighted by Crippen LogP contribution is -2.20. The summed E-state index contributed by atoms with van der Waals surface area (Å²) in [5, 5.41) is 0. The van der Waals surface area contributed by atoms with Crippen LogP contribution in [0.25, 0.3) is 0 Å². The molecular weight excluding hydrogens is 302 g/mol. The van der Waals surface area contributed by atoms with Gasteiger partial charge in [-0.15, -0.1) is 0 Å². The Hall–Kier alpha value is -1.58. The van der Waals surface area contributed by atoms with Crippen molar-refractivity contribution in [3.63, 3.8) is 0 Å². The smallest absolute Gasteiger partial charge is 0.182 e. The van der Waals surface area contributed by atoms with Gasteiger partial charge in [-0.1, -0.05) is 45.4 Å². The van der Waals surface area contributed by atoms with Gasteiger partial charge in [0.25, 0.3) is 0 Å². The van der Waals surface area contributed by atoms with Gasteiger partial charge in [-0.05, 0) is 25.7 Å². The molecule has 0 amide bonds. The van der Waals surface area contributed by atoms with E-state index in [-0.39, 0.29) is 5.78 Å². The van der Waals surface area contributed by atoms with Gasteiger partial charge in [0, 0.05) is 12.0 Å². The largest absolute Gasteiger partial charge is 0.492 e. The molecule has 0 N–H and O–H groups in total. The Morgan fingerprint density at radius 1 is 1.04 bits per heavy atom. The van der Waals surface area contributed by atoms with Gasteiger partial charge in [0.05, 0.1) is 19.9 Å². The molecule has 0 bridgehead atoms. The molecule has 4 heteroatoms. The van der Waals surface area contributed by atoms with Crippen molar-refractivity contribution in [2.45, 2.75) is 77.6 Å². The molecule has 4 nitrogen and oxygen atoms in total. The number of rotatable bonds is 9. The molecule has 0 radical (unpaired) electrons. The first-order valence-corrected chi connectivity index (χ1v) is 9.29. The predicted molar refractivity (Wildman–Crippen MR) is 96.4 cm³/mol. The molecular formula is C20H31NO3. The maximum atomic E-state index is 12.3. The summed E-state index contributed by atoms with van der Waals surface area (Å²) in [5.41, 5.74) is 2.30. The lowest BCUT2D eigenvalue weighted by molar-refractivity contribution is 0.0958. The van der Waals surface area contributed by atoms with E-state index in [9.17, 15) is 4.79 Å². The highest BCUT2D eigenvalue weighted by molar-refractivity contribution is 5.98. The standard InChI is InChI=1S/C20H31NO3/c1-5-6-7-8-9-10-11-15-12-13-16(22)18-17(15)20(24-4)19(23-3)14(2)21-18/h15H,5-13H2,1-4H3/t15-/m1/s1. The molecule has 0 spiro atoms. The second-order valence-corrected chi connectivity index (χ2v) is 6.74. The highest BCUT2D eigenvalue weighted by atomic mass is 16.5. The molecule has 24 heavy (non-hydrogen) atoms. The highest BCUT2D eigenvalue weighted by Gasteiger charge is 2.32. The first kappa shape index (κ1) is 18.8. The lowest BCUT2D eigenvalue weighted by atomic mass is 9.80. The Morgan fingerprint density at radius 3 is 2.38 bits per heavy atom. The van der Waals surface area contributed by atoms with Crippen molar-refractivity contribution in [3.05, 3.63) is 17.0 Å². The normalized spacial score (nSPS) is 16.8. The number of nitrogens with zero attached hydrogens (tertiary/aromatic N) is 1. The van der Waals surface area contributed by atoms with Crippen LogP contribution < -0.4 is 9.47 Å². The minimum absolute atomic E-state index is 0.133. The molecule has 1 aromatic heterocycles. The molecule has 0 saturated heterocycles. The van der Waals surface area contributed by atoms with E-state index in [1.54, 1.807) is 14.2 Å². The van der Waals surface area contributed by atoms with E-state index in [1.165, 1.54) is 38.5 Å². The van der Waals surface area contributed by atoms with E-state index >= 15 is 0 Å². The topological polar surface area (TPSA) is 48.4 Å². The van der Waals surface area contributed by atoms with Crippen LogP contribution in [0.3, 0.4) is 0 Å². The van der Waals surface area contributed by atoms with E-state index in [2.05, 4.69) is 11.9 Å². The van der Waals surface area contributed by atoms with Gasteiger partial charge in [-0.3, -0.25) is 4.79 Å². The number of Topliss-reactive ketones (excluding diaryl/α,β-unsaturated/α-hetero) is 1. The fraction of sp³-hybridized carbons (Fsp3) is 0.700. The molecule has 1 aliphatic carbocycles. The van der Waals surface area contributed by atoms with Crippen LogP contribution in [0, 0.1) is 6.92 Å². The van der Waals surface area contributed by atoms with Crippen LogP contribution in [0.15, 0.2) is 0 Å². The van der Waals surface area contributed by atoms with Gasteiger partial charge in [0.15, 0.2) is 17.3 Å². The van der Waals surface area contributed by atoms with E-state index in [0.717, 1.165) is 24.1 Å². The van der Waals surface area contributed by atoms with Crippen LogP contribution in [0.1, 0.15) is 92.4 Å². The van der Waals surface area contributed by atoms with E-state index in [4.69, 9.17) is 9.47 Å². The summed E-state index contributed by atoms with van der Waals surface area (Å²) in [6.45, 7) is 4.11. The zero-order valence-electron chi connectivity index (χ0n) is 15.6. The van der Waals surface area contributed by atoms with Crippen molar-refractivity contribution in [1.82, 2.24) is 4.98 Å². The molecule has 0 aliphatic heterocycles. The lowest BCUT2D eigenvalue weighted by Gasteiger charge is -2.27. The zero-order valence-corrected chi connectivity index (χ0v) is 15.6. The number of unbranched alkanes of at least 4 members (excludes halogenated alkanes) is 5. The third kappa shape index (κ3) is 4.08. The summed E-state index contributed by atoms with van der Waals surface area (Å²) in [6.07, 6.45) is 10.3. The SMILES string of the molecule is CCCCCCCC[C@@H]1CCC(=O)c2nc(C)c(OC)c(OC)c21. The molecule has 1 aliphatic rings. The van der Waals surface area contributed by atoms with Crippen LogP contribution in [0.2, 0.25) is 0 Å². The summed E-state index contributed by atoms with van der Waals surface area (Å²) in [5.74, 6) is 1.86. The van der Waals surface area contributed by atoms with Crippen LogP contribution in [0.4, 0.5) is 0 Å². The first-order valence-electron chi connectivity index (χ1n) is 9.29. The van der Waals surface area contributed by atoms with E-state index in [1.807, 2.05) is 6.92 Å². The number of hydrogen-bond donors (Lipinski definition) is 0. The Labute approximate surface area is 146 Å². The Morgan fingerprint density at radius 2 is 1.71 bits per heavy atom. The number of aromatic nitrogens is 1. The number of carbonyl (C=O) groups is 1. The third-order valence-electron chi connectivity index (χ3n) is 5.02. The summed E-state index contributed by atoms with van der Waals surface area (Å²) in [6, 6.07) is 0. The number of pyridine rings is 1. The molecule has 0 saturated carbocycles. The van der Waals surface area contributed by atoms with Gasteiger partial charge >= 0.3 is 0 Å². The maximum Gasteiger partial charge on any atom is 0.182 e. The monoisotopic (exact) mass is 333 g/mol. The number of ether oxygens (including phenoxy) is 2. The van der Waals surface area contributed by atoms with Gasteiger partial charge in [-0.2, -0.15) is 0 Å². The average molecular weight is 333 g/mol. The fourth-order valence-electron chi connectivity index (χ4n) is 3.74. The first-order chi connectivity index (χ1) is 11.6. The number of ketones is 1. The minimum Gasteiger partial charge on any atom is -0.492 e. The Bertz CT molecular complexity index is 568. The summed E-state index contributed by atoms with van der Waals surface area (Å²) in [7, 11) is 3.28. The van der Waals surface area contributed by atoms with Crippen LogP contribution in [-0.2, 0) is 0 Å². The molecule has 0 unspecified atom stereocenters. The number of hydrogen-bond acceptors (Lipinski definition) is 4. The third-order valence-corrected chi connectivity index (χ3v) is 5.02. The Balaban J connectivity index is 2.17. The summed E-state index contributed by atoms with van der Waals surface area (Å²) < 4.78 is 11.1. The zero-order chi connectivity index (χ0) is 17.5. The average Bonchev–Trinajstić information content (AvgIpc) is 2.58. The van der Waals surface area contributed by atoms with Crippen molar-refractivity contribution in [1.29, 1.82) is 0 Å². The number of fused-ring (bicyclic) bond motifs is 1. The molecule has 0 aromatic carbocycles. The van der Waals surface area contributed by atoms with E-state index < -0.39 is 0 Å². The van der Waals surface area contributed by atoms with Crippen LogP contribution >= 0.6 is 0 Å². The molecule has 1 atom stereocenters. The number of carbonyl (C=O) groups excluding carboxylic acids is 1. The van der Waals surface area contributed by atoms with Crippen molar-refractivity contribution in [3.8, 4) is 11.5 Å². The molecule has 1 heterocycles. The molecule has 1 aromatic rings. The fourth-order valence-corrected chi connectivity index (χ4v) is 3.74. The minimum atomic E-state index is 0.133. The summed E-state index contributed by atoms with van der Waals surface area (Å²) in [4.78, 5) is 16.9. The van der Waals surface area contributed by atoms with Crippen molar-refractivity contribution < 1.29 is 14.3 Å². The van der Waals surface area contributed by atoms with Crippen LogP contribution in [0.5, 0.6) is 11.5 Å². The highest BCUT2D eigenvalue weighted by Crippen LogP contribution is 2.45. The number of methoxy groups -OCH3 is 2. The summed E-state index contributed by atoms with van der Waals surface area (Å²) >= 11 is 0.